The molecule has 1 aromatic rings. The molecule has 0 radical (unpaired) electrons. The second-order valence-electron chi connectivity index (χ2n) is 4.07. The van der Waals surface area contributed by atoms with E-state index in [1.807, 2.05) is 0 Å². The van der Waals surface area contributed by atoms with Crippen molar-refractivity contribution >= 4 is 0 Å². The Kier molecular flexibility index (Phi) is 2.07. The van der Waals surface area contributed by atoms with Crippen molar-refractivity contribution in [2.75, 3.05) is 0 Å². The zero-order valence-electron chi connectivity index (χ0n) is 8.11. The lowest BCUT2D eigenvalue weighted by Crippen LogP contribution is -2.44. The van der Waals surface area contributed by atoms with Gasteiger partial charge in [-0.25, -0.2) is 8.78 Å². The monoisotopic (exact) mass is 197 g/mol. The van der Waals surface area contributed by atoms with Gasteiger partial charge in [-0.1, -0.05) is 0 Å². The summed E-state index contributed by atoms with van der Waals surface area (Å²) in [5.74, 6) is -1.04. The first kappa shape index (κ1) is 9.59. The highest BCUT2D eigenvalue weighted by molar-refractivity contribution is 5.35. The maximum Gasteiger partial charge on any atom is 0.129 e. The molecule has 3 heteroatoms. The molecule has 0 amide bonds. The lowest BCUT2D eigenvalue weighted by molar-refractivity contribution is 0.250. The Hall–Kier alpha value is -0.960. The van der Waals surface area contributed by atoms with E-state index in [4.69, 9.17) is 5.73 Å². The number of hydrogen-bond acceptors (Lipinski definition) is 1. The van der Waals surface area contributed by atoms with Gasteiger partial charge in [-0.2, -0.15) is 0 Å². The third kappa shape index (κ3) is 1.32. The van der Waals surface area contributed by atoms with Gasteiger partial charge in [0, 0.05) is 11.6 Å². The zero-order chi connectivity index (χ0) is 10.3. The standard InChI is InChI=1S/C11H13F2N/c1-7-9(11(14)3-2-4-11)5-8(12)6-10(7)13/h5-6H,2-4,14H2,1H3. The molecule has 1 aromatic carbocycles. The predicted molar refractivity (Wildman–Crippen MR) is 50.8 cm³/mol. The van der Waals surface area contributed by atoms with Gasteiger partial charge in [0.2, 0.25) is 0 Å². The molecule has 1 saturated carbocycles. The van der Waals surface area contributed by atoms with Crippen molar-refractivity contribution < 1.29 is 8.78 Å². The molecule has 2 N–H and O–H groups in total. The van der Waals surface area contributed by atoms with E-state index in [-0.39, 0.29) is 0 Å². The Morgan fingerprint density at radius 3 is 2.43 bits per heavy atom. The number of rotatable bonds is 1. The normalized spacial score (nSPS) is 19.1. The molecule has 1 aliphatic carbocycles. The Morgan fingerprint density at radius 2 is 1.93 bits per heavy atom. The summed E-state index contributed by atoms with van der Waals surface area (Å²) in [5.41, 5.74) is 6.64. The number of nitrogens with two attached hydrogens (primary N) is 1. The first-order valence-corrected chi connectivity index (χ1v) is 4.78. The van der Waals surface area contributed by atoms with Gasteiger partial charge in [0.25, 0.3) is 0 Å². The van der Waals surface area contributed by atoms with Crippen molar-refractivity contribution in [2.45, 2.75) is 31.7 Å². The molecule has 2 rings (SSSR count). The van der Waals surface area contributed by atoms with Crippen LogP contribution in [0.25, 0.3) is 0 Å². The summed E-state index contributed by atoms with van der Waals surface area (Å²) >= 11 is 0. The van der Waals surface area contributed by atoms with Gasteiger partial charge in [0.05, 0.1) is 0 Å². The Balaban J connectivity index is 2.51. The molecular weight excluding hydrogens is 184 g/mol. The van der Waals surface area contributed by atoms with E-state index in [0.29, 0.717) is 11.1 Å². The van der Waals surface area contributed by atoms with Crippen LogP contribution in [0.15, 0.2) is 12.1 Å². The molecule has 1 nitrogen and oxygen atoms in total. The van der Waals surface area contributed by atoms with Crippen molar-refractivity contribution in [3.05, 3.63) is 34.9 Å². The van der Waals surface area contributed by atoms with E-state index >= 15 is 0 Å². The molecule has 76 valence electrons. The summed E-state index contributed by atoms with van der Waals surface area (Å²) in [6.07, 6.45) is 2.67. The van der Waals surface area contributed by atoms with Crippen LogP contribution in [0.1, 0.15) is 30.4 Å². The number of hydrogen-bond donors (Lipinski definition) is 1. The van der Waals surface area contributed by atoms with Gasteiger partial charge >= 0.3 is 0 Å². The maximum atomic E-state index is 13.2. The van der Waals surface area contributed by atoms with Crippen LogP contribution >= 0.6 is 0 Å². The summed E-state index contributed by atoms with van der Waals surface area (Å²) in [7, 11) is 0. The van der Waals surface area contributed by atoms with Crippen molar-refractivity contribution in [3.63, 3.8) is 0 Å². The average molecular weight is 197 g/mol. The first-order chi connectivity index (χ1) is 6.53. The molecule has 1 fully saturated rings. The minimum atomic E-state index is -0.542. The minimum Gasteiger partial charge on any atom is -0.321 e. The molecule has 0 bridgehead atoms. The Labute approximate surface area is 81.9 Å². The van der Waals surface area contributed by atoms with E-state index in [0.717, 1.165) is 25.3 Å². The average Bonchev–Trinajstić information content (AvgIpc) is 2.07. The van der Waals surface area contributed by atoms with E-state index < -0.39 is 17.2 Å². The van der Waals surface area contributed by atoms with Crippen LogP contribution in [-0.4, -0.2) is 0 Å². The van der Waals surface area contributed by atoms with Gasteiger partial charge in [-0.15, -0.1) is 0 Å². The molecule has 0 aromatic heterocycles. The molecule has 1 aliphatic rings. The molecular formula is C11H13F2N. The summed E-state index contributed by atoms with van der Waals surface area (Å²) < 4.78 is 26.2. The maximum absolute atomic E-state index is 13.2. The second-order valence-corrected chi connectivity index (χ2v) is 4.07. The molecule has 14 heavy (non-hydrogen) atoms. The third-order valence-electron chi connectivity index (χ3n) is 3.09. The van der Waals surface area contributed by atoms with Crippen LogP contribution in [0.4, 0.5) is 8.78 Å². The highest BCUT2D eigenvalue weighted by Gasteiger charge is 2.36. The van der Waals surface area contributed by atoms with Gasteiger partial charge in [-0.05, 0) is 43.4 Å². The van der Waals surface area contributed by atoms with Gasteiger partial charge < -0.3 is 5.73 Å². The Bertz CT molecular complexity index is 370. The number of benzene rings is 1. The van der Waals surface area contributed by atoms with Crippen molar-refractivity contribution in [2.24, 2.45) is 5.73 Å². The van der Waals surface area contributed by atoms with Crippen molar-refractivity contribution in [3.8, 4) is 0 Å². The van der Waals surface area contributed by atoms with E-state index in [1.54, 1.807) is 6.92 Å². The van der Waals surface area contributed by atoms with Gasteiger partial charge in [0.1, 0.15) is 11.6 Å². The van der Waals surface area contributed by atoms with Gasteiger partial charge in [-0.3, -0.25) is 0 Å². The second kappa shape index (κ2) is 3.02. The minimum absolute atomic E-state index is 0.480. The van der Waals surface area contributed by atoms with Crippen LogP contribution in [-0.2, 0) is 5.54 Å². The smallest absolute Gasteiger partial charge is 0.129 e. The fraction of sp³-hybridized carbons (Fsp3) is 0.455. The first-order valence-electron chi connectivity index (χ1n) is 4.78. The zero-order valence-corrected chi connectivity index (χ0v) is 8.11. The van der Waals surface area contributed by atoms with Crippen LogP contribution in [0.2, 0.25) is 0 Å². The van der Waals surface area contributed by atoms with Crippen LogP contribution < -0.4 is 5.73 Å². The lowest BCUT2D eigenvalue weighted by Gasteiger charge is -2.39. The lowest BCUT2D eigenvalue weighted by atomic mass is 9.71. The quantitative estimate of drug-likeness (QED) is 0.735. The van der Waals surface area contributed by atoms with Crippen molar-refractivity contribution in [1.82, 2.24) is 0 Å². The van der Waals surface area contributed by atoms with E-state index in [1.165, 1.54) is 6.07 Å². The Morgan fingerprint density at radius 1 is 1.29 bits per heavy atom. The van der Waals surface area contributed by atoms with Crippen LogP contribution in [0.3, 0.4) is 0 Å². The summed E-state index contributed by atoms with van der Waals surface area (Å²) in [6, 6.07) is 2.26. The summed E-state index contributed by atoms with van der Waals surface area (Å²) in [4.78, 5) is 0. The van der Waals surface area contributed by atoms with Crippen molar-refractivity contribution in [1.29, 1.82) is 0 Å². The molecule has 0 unspecified atom stereocenters. The topological polar surface area (TPSA) is 26.0 Å². The van der Waals surface area contributed by atoms with Crippen LogP contribution in [0.5, 0.6) is 0 Å². The van der Waals surface area contributed by atoms with Gasteiger partial charge in [0.15, 0.2) is 0 Å². The fourth-order valence-electron chi connectivity index (χ4n) is 1.99. The molecule has 0 saturated heterocycles. The molecule has 0 aliphatic heterocycles. The highest BCUT2D eigenvalue weighted by atomic mass is 19.1. The van der Waals surface area contributed by atoms with E-state index in [2.05, 4.69) is 0 Å². The molecule has 0 heterocycles. The third-order valence-corrected chi connectivity index (χ3v) is 3.09. The largest absolute Gasteiger partial charge is 0.321 e. The highest BCUT2D eigenvalue weighted by Crippen LogP contribution is 2.40. The summed E-state index contributed by atoms with van der Waals surface area (Å²) in [6.45, 7) is 1.65. The fourth-order valence-corrected chi connectivity index (χ4v) is 1.99. The molecule has 0 spiro atoms. The van der Waals surface area contributed by atoms with Crippen LogP contribution in [0, 0.1) is 18.6 Å². The number of halogens is 2. The summed E-state index contributed by atoms with van der Waals surface area (Å²) in [5, 5.41) is 0. The predicted octanol–water partition coefficient (Wildman–Crippen LogP) is 2.61. The molecule has 0 atom stereocenters. The SMILES string of the molecule is Cc1c(F)cc(F)cc1C1(N)CCC1. The van der Waals surface area contributed by atoms with E-state index in [9.17, 15) is 8.78 Å².